The summed E-state index contributed by atoms with van der Waals surface area (Å²) in [5.74, 6) is 1.04. The second-order valence-electron chi connectivity index (χ2n) is 4.47. The molecule has 3 N–H and O–H groups in total. The van der Waals surface area contributed by atoms with Crippen molar-refractivity contribution in [2.45, 2.75) is 13.1 Å². The molecule has 2 aromatic rings. The minimum Gasteiger partial charge on any atom is -0.497 e. The van der Waals surface area contributed by atoms with Crippen LogP contribution in [0.4, 0.5) is 5.69 Å². The molecule has 1 aromatic carbocycles. The van der Waals surface area contributed by atoms with E-state index >= 15 is 0 Å². The molecular formula is C14H18N4O3. The van der Waals surface area contributed by atoms with Gasteiger partial charge in [-0.25, -0.2) is 0 Å². The summed E-state index contributed by atoms with van der Waals surface area (Å²) in [4.78, 5) is 10.8. The topological polar surface area (TPSA) is 91.4 Å². The summed E-state index contributed by atoms with van der Waals surface area (Å²) in [7, 11) is 3.22. The van der Waals surface area contributed by atoms with Crippen LogP contribution in [0.25, 0.3) is 0 Å². The number of benzene rings is 1. The molecule has 2 rings (SSSR count). The molecule has 1 amide bonds. The van der Waals surface area contributed by atoms with Crippen molar-refractivity contribution in [3.05, 3.63) is 36.2 Å². The standard InChI is InChI=1S/C14H18N4O3/c1-20-12-3-10(4-13(5-12)21-2)6-16-11-7-17-18(8-11)9-14(15)19/h3-5,7-8,16H,6,9H2,1-2H3,(H2,15,19). The smallest absolute Gasteiger partial charge is 0.239 e. The number of primary amides is 1. The molecule has 1 heterocycles. The fourth-order valence-corrected chi connectivity index (χ4v) is 1.87. The van der Waals surface area contributed by atoms with Crippen LogP contribution in [0.3, 0.4) is 0 Å². The third kappa shape index (κ3) is 4.13. The second kappa shape index (κ2) is 6.65. The Kier molecular flexibility index (Phi) is 4.65. The molecule has 7 nitrogen and oxygen atoms in total. The van der Waals surface area contributed by atoms with Crippen LogP contribution in [-0.4, -0.2) is 29.9 Å². The minimum atomic E-state index is -0.429. The van der Waals surface area contributed by atoms with E-state index in [2.05, 4.69) is 10.4 Å². The number of amides is 1. The SMILES string of the molecule is COc1cc(CNc2cnn(CC(N)=O)c2)cc(OC)c1. The van der Waals surface area contributed by atoms with Gasteiger partial charge in [-0.05, 0) is 17.7 Å². The first kappa shape index (κ1) is 14.7. The van der Waals surface area contributed by atoms with E-state index in [0.717, 1.165) is 22.7 Å². The maximum Gasteiger partial charge on any atom is 0.239 e. The van der Waals surface area contributed by atoms with Gasteiger partial charge in [0, 0.05) is 18.8 Å². The third-order valence-electron chi connectivity index (χ3n) is 2.86. The van der Waals surface area contributed by atoms with Crippen LogP contribution in [-0.2, 0) is 17.9 Å². The number of nitrogens with two attached hydrogens (primary N) is 1. The molecule has 0 saturated heterocycles. The van der Waals surface area contributed by atoms with Gasteiger partial charge in [0.05, 0.1) is 26.1 Å². The Balaban J connectivity index is 2.02. The number of nitrogens with one attached hydrogen (secondary N) is 1. The summed E-state index contributed by atoms with van der Waals surface area (Å²) >= 11 is 0. The molecule has 0 aliphatic carbocycles. The fraction of sp³-hybridized carbons (Fsp3) is 0.286. The molecular weight excluding hydrogens is 272 g/mol. The van der Waals surface area contributed by atoms with Crippen LogP contribution < -0.4 is 20.5 Å². The number of anilines is 1. The van der Waals surface area contributed by atoms with Gasteiger partial charge in [0.25, 0.3) is 0 Å². The van der Waals surface area contributed by atoms with Crippen molar-refractivity contribution >= 4 is 11.6 Å². The maximum absolute atomic E-state index is 10.8. The van der Waals surface area contributed by atoms with Gasteiger partial charge < -0.3 is 20.5 Å². The van der Waals surface area contributed by atoms with E-state index in [1.807, 2.05) is 18.2 Å². The van der Waals surface area contributed by atoms with Crippen molar-refractivity contribution < 1.29 is 14.3 Å². The summed E-state index contributed by atoms with van der Waals surface area (Å²) in [6.07, 6.45) is 3.36. The van der Waals surface area contributed by atoms with E-state index in [-0.39, 0.29) is 6.54 Å². The van der Waals surface area contributed by atoms with Gasteiger partial charge in [-0.15, -0.1) is 0 Å². The highest BCUT2D eigenvalue weighted by Gasteiger charge is 2.04. The van der Waals surface area contributed by atoms with Crippen molar-refractivity contribution in [3.63, 3.8) is 0 Å². The number of hydrogen-bond acceptors (Lipinski definition) is 5. The highest BCUT2D eigenvalue weighted by atomic mass is 16.5. The summed E-state index contributed by atoms with van der Waals surface area (Å²) < 4.78 is 11.9. The quantitative estimate of drug-likeness (QED) is 0.793. The van der Waals surface area contributed by atoms with E-state index in [1.54, 1.807) is 26.6 Å². The van der Waals surface area contributed by atoms with E-state index in [9.17, 15) is 4.79 Å². The Hall–Kier alpha value is -2.70. The molecule has 0 atom stereocenters. The molecule has 0 aliphatic rings. The Morgan fingerprint density at radius 1 is 1.29 bits per heavy atom. The first-order valence-electron chi connectivity index (χ1n) is 6.37. The van der Waals surface area contributed by atoms with Crippen LogP contribution in [0.1, 0.15) is 5.56 Å². The molecule has 0 unspecified atom stereocenters. The summed E-state index contributed by atoms with van der Waals surface area (Å²) in [5, 5.41) is 7.25. The summed E-state index contributed by atoms with van der Waals surface area (Å²) in [6.45, 7) is 0.643. The molecule has 0 aliphatic heterocycles. The first-order valence-corrected chi connectivity index (χ1v) is 6.37. The number of carbonyl (C=O) groups is 1. The zero-order chi connectivity index (χ0) is 15.2. The van der Waals surface area contributed by atoms with Crippen molar-refractivity contribution in [2.24, 2.45) is 5.73 Å². The second-order valence-corrected chi connectivity index (χ2v) is 4.47. The first-order chi connectivity index (χ1) is 10.1. The van der Waals surface area contributed by atoms with Gasteiger partial charge in [0.1, 0.15) is 18.0 Å². The Morgan fingerprint density at radius 3 is 2.52 bits per heavy atom. The number of ether oxygens (including phenoxy) is 2. The van der Waals surface area contributed by atoms with Gasteiger partial charge in [-0.2, -0.15) is 5.10 Å². The van der Waals surface area contributed by atoms with Gasteiger partial charge in [-0.3, -0.25) is 9.48 Å². The van der Waals surface area contributed by atoms with Crippen molar-refractivity contribution in [1.82, 2.24) is 9.78 Å². The highest BCUT2D eigenvalue weighted by Crippen LogP contribution is 2.23. The van der Waals surface area contributed by atoms with Crippen LogP contribution in [0.2, 0.25) is 0 Å². The number of hydrogen-bond donors (Lipinski definition) is 2. The number of aromatic nitrogens is 2. The highest BCUT2D eigenvalue weighted by molar-refractivity contribution is 5.73. The fourth-order valence-electron chi connectivity index (χ4n) is 1.87. The Labute approximate surface area is 122 Å². The monoisotopic (exact) mass is 290 g/mol. The zero-order valence-corrected chi connectivity index (χ0v) is 12.0. The van der Waals surface area contributed by atoms with Gasteiger partial charge in [0.2, 0.25) is 5.91 Å². The number of nitrogens with zero attached hydrogens (tertiary/aromatic N) is 2. The maximum atomic E-state index is 10.8. The van der Waals surface area contributed by atoms with Gasteiger partial charge >= 0.3 is 0 Å². The lowest BCUT2D eigenvalue weighted by molar-refractivity contribution is -0.118. The number of carbonyl (C=O) groups excluding carboxylic acids is 1. The average molecular weight is 290 g/mol. The van der Waals surface area contributed by atoms with E-state index in [4.69, 9.17) is 15.2 Å². The van der Waals surface area contributed by atoms with Crippen molar-refractivity contribution in [2.75, 3.05) is 19.5 Å². The zero-order valence-electron chi connectivity index (χ0n) is 12.0. The predicted octanol–water partition coefficient (Wildman–Crippen LogP) is 0.998. The van der Waals surface area contributed by atoms with Crippen LogP contribution in [0.5, 0.6) is 11.5 Å². The van der Waals surface area contributed by atoms with Crippen LogP contribution in [0, 0.1) is 0 Å². The van der Waals surface area contributed by atoms with E-state index in [0.29, 0.717) is 6.54 Å². The molecule has 21 heavy (non-hydrogen) atoms. The van der Waals surface area contributed by atoms with Crippen molar-refractivity contribution in [1.29, 1.82) is 0 Å². The molecule has 0 radical (unpaired) electrons. The molecule has 0 bridgehead atoms. The third-order valence-corrected chi connectivity index (χ3v) is 2.86. The van der Waals surface area contributed by atoms with Gasteiger partial charge in [0.15, 0.2) is 0 Å². The number of methoxy groups -OCH3 is 2. The predicted molar refractivity (Wildman–Crippen MR) is 78.3 cm³/mol. The molecule has 112 valence electrons. The van der Waals surface area contributed by atoms with E-state index in [1.165, 1.54) is 4.68 Å². The lowest BCUT2D eigenvalue weighted by atomic mass is 10.2. The average Bonchev–Trinajstić information content (AvgIpc) is 2.91. The molecule has 0 saturated carbocycles. The molecule has 7 heteroatoms. The molecule has 0 spiro atoms. The van der Waals surface area contributed by atoms with Gasteiger partial charge in [-0.1, -0.05) is 0 Å². The summed E-state index contributed by atoms with van der Waals surface area (Å²) in [5.41, 5.74) is 6.93. The van der Waals surface area contributed by atoms with Crippen molar-refractivity contribution in [3.8, 4) is 11.5 Å². The van der Waals surface area contributed by atoms with Crippen LogP contribution >= 0.6 is 0 Å². The Bertz CT molecular complexity index is 602. The lowest BCUT2D eigenvalue weighted by Gasteiger charge is -2.09. The minimum absolute atomic E-state index is 0.0641. The van der Waals surface area contributed by atoms with E-state index < -0.39 is 5.91 Å². The molecule has 1 aromatic heterocycles. The molecule has 0 fully saturated rings. The largest absolute Gasteiger partial charge is 0.497 e. The lowest BCUT2D eigenvalue weighted by Crippen LogP contribution is -2.18. The normalized spacial score (nSPS) is 10.2. The van der Waals surface area contributed by atoms with Crippen LogP contribution in [0.15, 0.2) is 30.6 Å². The Morgan fingerprint density at radius 2 is 1.95 bits per heavy atom. The number of rotatable bonds is 7. The summed E-state index contributed by atoms with van der Waals surface area (Å²) in [6, 6.07) is 5.65.